The van der Waals surface area contributed by atoms with Gasteiger partial charge in [0.05, 0.1) is 0 Å². The van der Waals surface area contributed by atoms with E-state index in [0.717, 1.165) is 12.7 Å². The van der Waals surface area contributed by atoms with Crippen molar-refractivity contribution in [1.29, 1.82) is 0 Å². The molecule has 1 heterocycles. The Bertz CT molecular complexity index is 398. The number of ether oxygens (including phenoxy) is 1. The average Bonchev–Trinajstić information content (AvgIpc) is 2.10. The first kappa shape index (κ1) is 8.83. The van der Waals surface area contributed by atoms with Crippen LogP contribution in [0.4, 0.5) is 0 Å². The van der Waals surface area contributed by atoms with Gasteiger partial charge in [-0.15, -0.1) is 0 Å². The zero-order chi connectivity index (χ0) is 10.3. The highest BCUT2D eigenvalue weighted by Crippen LogP contribution is 2.36. The molecule has 0 aliphatic carbocycles. The van der Waals surface area contributed by atoms with Gasteiger partial charge in [0, 0.05) is 12.1 Å². The molecule has 0 bridgehead atoms. The van der Waals surface area contributed by atoms with Crippen molar-refractivity contribution in [2.45, 2.75) is 6.10 Å². The Morgan fingerprint density at radius 2 is 2.00 bits per heavy atom. The van der Waals surface area contributed by atoms with Crippen LogP contribution >= 0.6 is 0 Å². The van der Waals surface area contributed by atoms with Crippen LogP contribution in [-0.2, 0) is 0 Å². The molecule has 5 heteroatoms. The molecule has 1 radical (unpaired) electrons. The molecule has 1 atom stereocenters. The Balaban J connectivity index is 2.60. The quantitative estimate of drug-likeness (QED) is 0.550. The van der Waals surface area contributed by atoms with Crippen LogP contribution in [-0.4, -0.2) is 27.2 Å². The van der Waals surface area contributed by atoms with E-state index < -0.39 is 17.6 Å². The molecule has 0 saturated carbocycles. The van der Waals surface area contributed by atoms with Crippen LogP contribution < -0.4 is 4.74 Å². The lowest BCUT2D eigenvalue weighted by atomic mass is 10.0. The summed E-state index contributed by atoms with van der Waals surface area (Å²) in [6, 6.07) is 2.20. The third-order valence-electron chi connectivity index (χ3n) is 1.91. The van der Waals surface area contributed by atoms with Crippen LogP contribution in [0.1, 0.15) is 10.4 Å². The summed E-state index contributed by atoms with van der Waals surface area (Å²) < 4.78 is 4.85. The summed E-state index contributed by atoms with van der Waals surface area (Å²) in [5.74, 6) is -1.22. The van der Waals surface area contributed by atoms with E-state index in [1.165, 1.54) is 6.07 Å². The zero-order valence-corrected chi connectivity index (χ0v) is 6.97. The van der Waals surface area contributed by atoms with Crippen molar-refractivity contribution in [3.63, 3.8) is 0 Å². The van der Waals surface area contributed by atoms with E-state index in [-0.39, 0.29) is 17.1 Å². The molecule has 14 heavy (non-hydrogen) atoms. The normalized spacial score (nSPS) is 20.1. The first-order valence-corrected chi connectivity index (χ1v) is 3.88. The van der Waals surface area contributed by atoms with Gasteiger partial charge in [-0.3, -0.25) is 4.79 Å². The van der Waals surface area contributed by atoms with Gasteiger partial charge in [0.1, 0.15) is 22.8 Å². The summed E-state index contributed by atoms with van der Waals surface area (Å²) in [5, 5.41) is 27.5. The van der Waals surface area contributed by atoms with Gasteiger partial charge in [-0.1, -0.05) is 0 Å². The Morgan fingerprint density at radius 1 is 1.29 bits per heavy atom. The molecule has 1 aromatic rings. The number of hydrogen-bond acceptors (Lipinski definition) is 5. The third kappa shape index (κ3) is 1.18. The van der Waals surface area contributed by atoms with Crippen molar-refractivity contribution in [2.24, 2.45) is 0 Å². The first-order chi connectivity index (χ1) is 6.59. The number of aromatic hydroxyl groups is 2. The summed E-state index contributed by atoms with van der Waals surface area (Å²) in [6.45, 7) is 0.934. The van der Waals surface area contributed by atoms with E-state index in [9.17, 15) is 9.90 Å². The number of phenolic OH excluding ortho intramolecular Hbond substituents is 2. The van der Waals surface area contributed by atoms with Crippen LogP contribution in [0.2, 0.25) is 0 Å². The molecule has 1 aliphatic heterocycles. The van der Waals surface area contributed by atoms with E-state index in [0.29, 0.717) is 0 Å². The zero-order valence-electron chi connectivity index (χ0n) is 6.97. The minimum Gasteiger partial charge on any atom is -0.508 e. The van der Waals surface area contributed by atoms with E-state index in [4.69, 9.17) is 14.9 Å². The molecule has 0 spiro atoms. The Morgan fingerprint density at radius 3 is 2.71 bits per heavy atom. The predicted octanol–water partition coefficient (Wildman–Crippen LogP) is 0.196. The summed E-state index contributed by atoms with van der Waals surface area (Å²) >= 11 is 0. The first-order valence-electron chi connectivity index (χ1n) is 3.88. The van der Waals surface area contributed by atoms with E-state index >= 15 is 0 Å². The van der Waals surface area contributed by atoms with Gasteiger partial charge in [-0.25, -0.2) is 0 Å². The van der Waals surface area contributed by atoms with Crippen molar-refractivity contribution in [1.82, 2.24) is 0 Å². The number of ketones is 1. The molecule has 1 aliphatic rings. The molecule has 3 N–H and O–H groups in total. The number of hydrogen-bond donors (Lipinski definition) is 3. The second kappa shape index (κ2) is 2.88. The van der Waals surface area contributed by atoms with Crippen LogP contribution in [0.5, 0.6) is 17.2 Å². The largest absolute Gasteiger partial charge is 0.508 e. The third-order valence-corrected chi connectivity index (χ3v) is 1.91. The molecule has 0 fully saturated rings. The molecule has 5 nitrogen and oxygen atoms in total. The molecule has 1 unspecified atom stereocenters. The molecule has 0 saturated heterocycles. The number of fused-ring (bicyclic) bond motifs is 1. The van der Waals surface area contributed by atoms with Gasteiger partial charge in [0.25, 0.3) is 0 Å². The molecule has 0 aromatic heterocycles. The SMILES string of the molecule is O=C1c2c(O)cc(O)cc2O[CH]C1O. The molecular formula is C9H7O5. The molecule has 73 valence electrons. The van der Waals surface area contributed by atoms with Crippen molar-refractivity contribution < 1.29 is 24.9 Å². The number of carbonyl (C=O) groups excluding carboxylic acids is 1. The second-order valence-electron chi connectivity index (χ2n) is 2.90. The summed E-state index contributed by atoms with van der Waals surface area (Å²) in [4.78, 5) is 11.3. The fourth-order valence-electron chi connectivity index (χ4n) is 1.27. The number of rotatable bonds is 0. The maximum atomic E-state index is 11.3. The number of carbonyl (C=O) groups is 1. The smallest absolute Gasteiger partial charge is 0.202 e. The minimum atomic E-state index is -1.38. The lowest BCUT2D eigenvalue weighted by molar-refractivity contribution is 0.0682. The van der Waals surface area contributed by atoms with E-state index in [2.05, 4.69) is 0 Å². The summed E-state index contributed by atoms with van der Waals surface area (Å²) in [5.41, 5.74) is -0.113. The Hall–Kier alpha value is -1.75. The lowest BCUT2D eigenvalue weighted by Crippen LogP contribution is -2.28. The van der Waals surface area contributed by atoms with Gasteiger partial charge < -0.3 is 20.1 Å². The Kier molecular flexibility index (Phi) is 1.82. The van der Waals surface area contributed by atoms with Gasteiger partial charge in [-0.2, -0.15) is 0 Å². The maximum Gasteiger partial charge on any atom is 0.202 e. The maximum absolute atomic E-state index is 11.3. The summed E-state index contributed by atoms with van der Waals surface area (Å²) in [7, 11) is 0. The number of phenols is 2. The number of aliphatic hydroxyl groups is 1. The Labute approximate surface area is 79.2 Å². The fourth-order valence-corrected chi connectivity index (χ4v) is 1.27. The van der Waals surface area contributed by atoms with Crippen LogP contribution in [0.15, 0.2) is 12.1 Å². The van der Waals surface area contributed by atoms with Crippen LogP contribution in [0.3, 0.4) is 0 Å². The van der Waals surface area contributed by atoms with E-state index in [1.807, 2.05) is 0 Å². The average molecular weight is 195 g/mol. The standard InChI is InChI=1S/C9H7O5/c10-4-1-5(11)8-7(2-4)14-3-6(12)9(8)13/h1-3,6,10-12H. The highest BCUT2D eigenvalue weighted by atomic mass is 16.5. The van der Waals surface area contributed by atoms with Crippen molar-refractivity contribution in [2.75, 3.05) is 0 Å². The summed E-state index contributed by atoms with van der Waals surface area (Å²) in [6.07, 6.45) is -1.38. The van der Waals surface area contributed by atoms with Crippen molar-refractivity contribution >= 4 is 5.78 Å². The van der Waals surface area contributed by atoms with Crippen LogP contribution in [0, 0.1) is 6.61 Å². The van der Waals surface area contributed by atoms with Gasteiger partial charge in [-0.05, 0) is 0 Å². The lowest BCUT2D eigenvalue weighted by Gasteiger charge is -2.20. The van der Waals surface area contributed by atoms with Gasteiger partial charge in [0.2, 0.25) is 5.78 Å². The number of Topliss-reactive ketones (excluding diaryl/α,β-unsaturated/α-hetero) is 1. The highest BCUT2D eigenvalue weighted by molar-refractivity contribution is 6.05. The fraction of sp³-hybridized carbons (Fsp3) is 0.111. The highest BCUT2D eigenvalue weighted by Gasteiger charge is 2.30. The molecule has 1 aromatic carbocycles. The van der Waals surface area contributed by atoms with E-state index in [1.54, 1.807) is 0 Å². The van der Waals surface area contributed by atoms with Crippen LogP contribution in [0.25, 0.3) is 0 Å². The van der Waals surface area contributed by atoms with Crippen molar-refractivity contribution in [3.8, 4) is 17.2 Å². The molecular weight excluding hydrogens is 188 g/mol. The monoisotopic (exact) mass is 195 g/mol. The minimum absolute atomic E-state index is 0.0396. The topological polar surface area (TPSA) is 87.0 Å². The predicted molar refractivity (Wildman–Crippen MR) is 45.0 cm³/mol. The second-order valence-corrected chi connectivity index (χ2v) is 2.90. The van der Waals surface area contributed by atoms with Gasteiger partial charge >= 0.3 is 0 Å². The molecule has 2 rings (SSSR count). The molecule has 0 amide bonds. The number of benzene rings is 1. The van der Waals surface area contributed by atoms with Crippen molar-refractivity contribution in [3.05, 3.63) is 24.3 Å². The number of aliphatic hydroxyl groups excluding tert-OH is 1. The van der Waals surface area contributed by atoms with Gasteiger partial charge in [0.15, 0.2) is 12.7 Å².